The topological polar surface area (TPSA) is 32.7 Å². The highest BCUT2D eigenvalue weighted by Crippen LogP contribution is 2.25. The van der Waals surface area contributed by atoms with Crippen molar-refractivity contribution in [3.63, 3.8) is 0 Å². The molecule has 1 aliphatic rings. The number of benzene rings is 2. The number of hydrogen-bond acceptors (Lipinski definition) is 2. The molecule has 0 aromatic heterocycles. The average Bonchev–Trinajstić information content (AvgIpc) is 2.79. The van der Waals surface area contributed by atoms with Crippen LogP contribution in [-0.4, -0.2) is 16.6 Å². The predicted molar refractivity (Wildman–Crippen MR) is 94.5 cm³/mol. The Balaban J connectivity index is 1.84. The van der Waals surface area contributed by atoms with Crippen molar-refractivity contribution in [3.05, 3.63) is 75.3 Å². The molecule has 0 spiro atoms. The highest BCUT2D eigenvalue weighted by Gasteiger charge is 2.27. The minimum Gasteiger partial charge on any atom is -0.267 e. The molecule has 0 unspecified atom stereocenters. The van der Waals surface area contributed by atoms with Gasteiger partial charge in [-0.3, -0.25) is 4.79 Å². The third-order valence-electron chi connectivity index (χ3n) is 3.56. The maximum atomic E-state index is 12.6. The van der Waals surface area contributed by atoms with Gasteiger partial charge in [0.15, 0.2) is 0 Å². The molecule has 1 aliphatic heterocycles. The Labute approximate surface area is 144 Å². The molecule has 3 nitrogen and oxygen atoms in total. The van der Waals surface area contributed by atoms with E-state index >= 15 is 0 Å². The predicted octanol–water partition coefficient (Wildman–Crippen LogP) is 4.80. The molecule has 1 heterocycles. The molecule has 116 valence electrons. The largest absolute Gasteiger partial charge is 0.276 e. The van der Waals surface area contributed by atoms with Crippen LogP contribution in [0.15, 0.2) is 59.2 Å². The molecule has 2 aromatic rings. The van der Waals surface area contributed by atoms with Crippen LogP contribution < -0.4 is 0 Å². The number of rotatable bonds is 3. The van der Waals surface area contributed by atoms with Gasteiger partial charge in [-0.15, -0.1) is 0 Å². The van der Waals surface area contributed by atoms with E-state index in [0.29, 0.717) is 27.9 Å². The zero-order valence-electron chi connectivity index (χ0n) is 12.5. The third kappa shape index (κ3) is 3.46. The third-order valence-corrected chi connectivity index (χ3v) is 4.29. The minimum atomic E-state index is -0.113. The number of nitrogens with zero attached hydrogens (tertiary/aromatic N) is 2. The zero-order valence-corrected chi connectivity index (χ0v) is 14.0. The van der Waals surface area contributed by atoms with Crippen molar-refractivity contribution >= 4 is 40.9 Å². The first-order chi connectivity index (χ1) is 11.0. The first-order valence-electron chi connectivity index (χ1n) is 7.13. The molecule has 0 atom stereocenters. The minimum absolute atomic E-state index is 0.113. The van der Waals surface area contributed by atoms with Gasteiger partial charge in [0.2, 0.25) is 0 Å². The monoisotopic (exact) mass is 344 g/mol. The summed E-state index contributed by atoms with van der Waals surface area (Å²) in [6, 6.07) is 15.0. The van der Waals surface area contributed by atoms with E-state index in [-0.39, 0.29) is 5.91 Å². The number of hydrogen-bond donors (Lipinski definition) is 0. The van der Waals surface area contributed by atoms with Gasteiger partial charge < -0.3 is 0 Å². The summed E-state index contributed by atoms with van der Waals surface area (Å²) in [5, 5.41) is 6.78. The summed E-state index contributed by atoms with van der Waals surface area (Å²) in [5.41, 5.74) is 3.11. The first kappa shape index (κ1) is 15.8. The molecular formula is C18H14Cl2N2O. The van der Waals surface area contributed by atoms with Crippen LogP contribution in [0.4, 0.5) is 0 Å². The van der Waals surface area contributed by atoms with Crippen LogP contribution in [0.1, 0.15) is 18.1 Å². The maximum Gasteiger partial charge on any atom is 0.276 e. The van der Waals surface area contributed by atoms with Gasteiger partial charge in [0.05, 0.1) is 27.9 Å². The Morgan fingerprint density at radius 2 is 1.83 bits per heavy atom. The van der Waals surface area contributed by atoms with Crippen LogP contribution in [0, 0.1) is 0 Å². The summed E-state index contributed by atoms with van der Waals surface area (Å²) < 4.78 is 0. The summed E-state index contributed by atoms with van der Waals surface area (Å²) in [6.07, 6.45) is 1.79. The van der Waals surface area contributed by atoms with Gasteiger partial charge in [0.25, 0.3) is 5.91 Å². The van der Waals surface area contributed by atoms with Crippen molar-refractivity contribution < 1.29 is 4.79 Å². The molecule has 3 rings (SSSR count). The van der Waals surface area contributed by atoms with Crippen LogP contribution in [0.3, 0.4) is 0 Å². The molecule has 0 saturated carbocycles. The van der Waals surface area contributed by atoms with Crippen LogP contribution in [0.5, 0.6) is 0 Å². The van der Waals surface area contributed by atoms with Gasteiger partial charge in [-0.25, -0.2) is 5.01 Å². The van der Waals surface area contributed by atoms with E-state index in [9.17, 15) is 4.79 Å². The van der Waals surface area contributed by atoms with Crippen molar-refractivity contribution in [1.29, 1.82) is 0 Å². The lowest BCUT2D eigenvalue weighted by Gasteiger charge is -2.11. The van der Waals surface area contributed by atoms with Crippen molar-refractivity contribution in [1.82, 2.24) is 5.01 Å². The Bertz CT molecular complexity index is 813. The van der Waals surface area contributed by atoms with Gasteiger partial charge in [-0.2, -0.15) is 5.10 Å². The second-order valence-electron chi connectivity index (χ2n) is 5.27. The molecule has 0 fully saturated rings. The van der Waals surface area contributed by atoms with E-state index in [2.05, 4.69) is 5.10 Å². The Morgan fingerprint density at radius 3 is 2.52 bits per heavy atom. The fraction of sp³-hybridized carbons (Fsp3) is 0.111. The highest BCUT2D eigenvalue weighted by molar-refractivity contribution is 6.42. The summed E-state index contributed by atoms with van der Waals surface area (Å²) in [5.74, 6) is -0.113. The van der Waals surface area contributed by atoms with Crippen molar-refractivity contribution in [2.75, 3.05) is 0 Å². The summed E-state index contributed by atoms with van der Waals surface area (Å²) in [7, 11) is 0. The van der Waals surface area contributed by atoms with Crippen molar-refractivity contribution in [2.45, 2.75) is 13.5 Å². The fourth-order valence-corrected chi connectivity index (χ4v) is 2.68. The van der Waals surface area contributed by atoms with Gasteiger partial charge >= 0.3 is 0 Å². The van der Waals surface area contributed by atoms with E-state index in [1.807, 2.05) is 43.3 Å². The standard InChI is InChI=1S/C18H14Cl2N2O/c1-12-15(9-14-7-8-16(19)17(20)10-14)18(23)22(21-12)11-13-5-3-2-4-6-13/h2-10H,11H2,1H3. The van der Waals surface area contributed by atoms with Crippen LogP contribution in [0.25, 0.3) is 6.08 Å². The number of amides is 1. The number of halogens is 2. The lowest BCUT2D eigenvalue weighted by Crippen LogP contribution is -2.21. The molecule has 23 heavy (non-hydrogen) atoms. The molecule has 0 radical (unpaired) electrons. The highest BCUT2D eigenvalue weighted by atomic mass is 35.5. The SMILES string of the molecule is CC1=NN(Cc2ccccc2)C(=O)C1=Cc1ccc(Cl)c(Cl)c1. The van der Waals surface area contributed by atoms with Crippen LogP contribution in [-0.2, 0) is 11.3 Å². The molecule has 0 aliphatic carbocycles. The Morgan fingerprint density at radius 1 is 1.09 bits per heavy atom. The second-order valence-corrected chi connectivity index (χ2v) is 6.08. The Kier molecular flexibility index (Phi) is 4.51. The van der Waals surface area contributed by atoms with Crippen LogP contribution in [0.2, 0.25) is 10.0 Å². The van der Waals surface area contributed by atoms with E-state index in [4.69, 9.17) is 23.2 Å². The van der Waals surface area contributed by atoms with E-state index in [0.717, 1.165) is 11.1 Å². The molecule has 0 saturated heterocycles. The van der Waals surface area contributed by atoms with Crippen LogP contribution >= 0.6 is 23.2 Å². The lowest BCUT2D eigenvalue weighted by atomic mass is 10.1. The van der Waals surface area contributed by atoms with Gasteiger partial charge in [0.1, 0.15) is 0 Å². The average molecular weight is 345 g/mol. The Hall–Kier alpha value is -2.10. The zero-order chi connectivity index (χ0) is 16.4. The van der Waals surface area contributed by atoms with E-state index in [1.165, 1.54) is 5.01 Å². The molecule has 5 heteroatoms. The fourth-order valence-electron chi connectivity index (χ4n) is 2.37. The lowest BCUT2D eigenvalue weighted by molar-refractivity contribution is -0.126. The number of carbonyl (C=O) groups is 1. The van der Waals surface area contributed by atoms with Gasteiger partial charge in [-0.1, -0.05) is 59.6 Å². The summed E-state index contributed by atoms with van der Waals surface area (Å²) in [4.78, 5) is 12.6. The van der Waals surface area contributed by atoms with E-state index < -0.39 is 0 Å². The molecule has 0 bridgehead atoms. The number of carbonyl (C=O) groups excluding carboxylic acids is 1. The van der Waals surface area contributed by atoms with E-state index in [1.54, 1.807) is 18.2 Å². The second kappa shape index (κ2) is 6.57. The maximum absolute atomic E-state index is 12.6. The quantitative estimate of drug-likeness (QED) is 0.736. The molecular weight excluding hydrogens is 331 g/mol. The molecule has 0 N–H and O–H groups in total. The first-order valence-corrected chi connectivity index (χ1v) is 7.88. The normalized spacial score (nSPS) is 16.1. The summed E-state index contributed by atoms with van der Waals surface area (Å²) >= 11 is 11.9. The van der Waals surface area contributed by atoms with Crippen molar-refractivity contribution in [3.8, 4) is 0 Å². The molecule has 1 amide bonds. The van der Waals surface area contributed by atoms with Gasteiger partial charge in [-0.05, 0) is 36.3 Å². The smallest absolute Gasteiger partial charge is 0.267 e. The molecule has 2 aromatic carbocycles. The number of hydrazone groups is 1. The summed E-state index contributed by atoms with van der Waals surface area (Å²) in [6.45, 7) is 2.28. The van der Waals surface area contributed by atoms with Gasteiger partial charge in [0, 0.05) is 0 Å². The van der Waals surface area contributed by atoms with Crippen molar-refractivity contribution in [2.24, 2.45) is 5.10 Å².